The van der Waals surface area contributed by atoms with Crippen molar-refractivity contribution < 1.29 is 0 Å². The lowest BCUT2D eigenvalue weighted by molar-refractivity contribution is 0.861. The van der Waals surface area contributed by atoms with Crippen LogP contribution in [-0.4, -0.2) is 0 Å². The van der Waals surface area contributed by atoms with Crippen molar-refractivity contribution in [1.29, 1.82) is 0 Å². The van der Waals surface area contributed by atoms with Crippen LogP contribution < -0.4 is 0 Å². The molecular weight excluding hydrogens is 168 g/mol. The van der Waals surface area contributed by atoms with Crippen LogP contribution in [0, 0.1) is 6.08 Å². The molecule has 0 N–H and O–H groups in total. The van der Waals surface area contributed by atoms with Gasteiger partial charge in [0, 0.05) is 0 Å². The second-order valence-corrected chi connectivity index (χ2v) is 3.59. The average molecular weight is 183 g/mol. The zero-order chi connectivity index (χ0) is 9.64. The summed E-state index contributed by atoms with van der Waals surface area (Å²) in [5, 5.41) is 0. The monoisotopic (exact) mass is 183 g/mol. The van der Waals surface area contributed by atoms with Crippen molar-refractivity contribution in [3.05, 3.63) is 59.8 Å². The van der Waals surface area contributed by atoms with E-state index in [-0.39, 0.29) is 0 Å². The highest BCUT2D eigenvalue weighted by molar-refractivity contribution is 5.43. The van der Waals surface area contributed by atoms with Crippen molar-refractivity contribution in [2.75, 3.05) is 0 Å². The second kappa shape index (κ2) is 4.80. The third-order valence-electron chi connectivity index (χ3n) is 2.49. The topological polar surface area (TPSA) is 0 Å². The quantitative estimate of drug-likeness (QED) is 0.578. The van der Waals surface area contributed by atoms with E-state index in [1.807, 2.05) is 0 Å². The van der Waals surface area contributed by atoms with E-state index in [1.54, 1.807) is 0 Å². The van der Waals surface area contributed by atoms with Gasteiger partial charge in [-0.25, -0.2) is 0 Å². The van der Waals surface area contributed by atoms with E-state index >= 15 is 0 Å². The fourth-order valence-electron chi connectivity index (χ4n) is 1.70. The van der Waals surface area contributed by atoms with Gasteiger partial charge in [0.2, 0.25) is 0 Å². The molecule has 0 saturated heterocycles. The smallest absolute Gasteiger partial charge is 0.00883 e. The van der Waals surface area contributed by atoms with E-state index in [0.717, 1.165) is 12.8 Å². The zero-order valence-corrected chi connectivity index (χ0v) is 8.37. The van der Waals surface area contributed by atoms with Crippen LogP contribution >= 0.6 is 0 Å². The molecule has 2 aliphatic rings. The van der Waals surface area contributed by atoms with Crippen molar-refractivity contribution in [3.8, 4) is 0 Å². The zero-order valence-electron chi connectivity index (χ0n) is 8.37. The molecule has 0 aromatic rings. The molecule has 0 bridgehead atoms. The second-order valence-electron chi connectivity index (χ2n) is 3.59. The molecule has 0 heteroatoms. The first-order chi connectivity index (χ1) is 6.97. The molecule has 0 nitrogen and oxygen atoms in total. The minimum absolute atomic E-state index is 1.03. The minimum atomic E-state index is 1.03. The normalized spacial score (nSPS) is 21.1. The fourth-order valence-corrected chi connectivity index (χ4v) is 1.70. The van der Waals surface area contributed by atoms with E-state index in [0.29, 0.717) is 0 Å². The van der Waals surface area contributed by atoms with Crippen LogP contribution in [0.1, 0.15) is 25.7 Å². The first-order valence-electron chi connectivity index (χ1n) is 5.27. The maximum Gasteiger partial charge on any atom is -0.00883 e. The average Bonchev–Trinajstić information content (AvgIpc) is 2.62. The summed E-state index contributed by atoms with van der Waals surface area (Å²) in [5.74, 6) is 0. The first-order valence-corrected chi connectivity index (χ1v) is 5.27. The largest absolute Gasteiger partial charge is 0.0839 e. The molecule has 0 aromatic heterocycles. The molecule has 71 valence electrons. The van der Waals surface area contributed by atoms with Gasteiger partial charge in [-0.1, -0.05) is 42.5 Å². The lowest BCUT2D eigenvalue weighted by Gasteiger charge is -2.03. The molecule has 0 aliphatic heterocycles. The summed E-state index contributed by atoms with van der Waals surface area (Å²) in [6.45, 7) is 0. The lowest BCUT2D eigenvalue weighted by Crippen LogP contribution is -1.85. The van der Waals surface area contributed by atoms with E-state index in [1.165, 1.54) is 24.0 Å². The summed E-state index contributed by atoms with van der Waals surface area (Å²) in [6, 6.07) is 0. The number of hydrogen-bond acceptors (Lipinski definition) is 0. The van der Waals surface area contributed by atoms with E-state index in [9.17, 15) is 0 Å². The molecule has 0 amide bonds. The van der Waals surface area contributed by atoms with Crippen LogP contribution in [0.15, 0.2) is 53.7 Å². The van der Waals surface area contributed by atoms with Gasteiger partial charge in [-0.2, -0.15) is 0 Å². The van der Waals surface area contributed by atoms with Gasteiger partial charge in [0.1, 0.15) is 0 Å². The standard InChI is InChI=1S/C14H15/c1-2-6-10-13(9-5-1)14-11-7-3-4-8-12-14/h1-2,5-7,9,11H,3-4,8,10H2. The fraction of sp³-hybridized carbons (Fsp3) is 0.286. The predicted molar refractivity (Wildman–Crippen MR) is 60.7 cm³/mol. The third kappa shape index (κ3) is 2.35. The Morgan fingerprint density at radius 2 is 2.07 bits per heavy atom. The maximum absolute atomic E-state index is 3.47. The molecule has 0 atom stereocenters. The lowest BCUT2D eigenvalue weighted by atomic mass is 10.0. The third-order valence-corrected chi connectivity index (χ3v) is 2.49. The predicted octanol–water partition coefficient (Wildman–Crippen LogP) is 3.90. The van der Waals surface area contributed by atoms with Gasteiger partial charge in [-0.05, 0) is 42.9 Å². The van der Waals surface area contributed by atoms with E-state index < -0.39 is 0 Å². The Kier molecular flexibility index (Phi) is 3.18. The number of hydrogen-bond donors (Lipinski definition) is 0. The Balaban J connectivity index is 2.20. The van der Waals surface area contributed by atoms with E-state index in [2.05, 4.69) is 48.6 Å². The van der Waals surface area contributed by atoms with Crippen LogP contribution in [0.3, 0.4) is 0 Å². The summed E-state index contributed by atoms with van der Waals surface area (Å²) in [7, 11) is 0. The molecule has 0 aromatic carbocycles. The Bertz CT molecular complexity index is 335. The van der Waals surface area contributed by atoms with Gasteiger partial charge >= 0.3 is 0 Å². The molecule has 0 unspecified atom stereocenters. The highest BCUT2D eigenvalue weighted by Crippen LogP contribution is 2.21. The van der Waals surface area contributed by atoms with Crippen molar-refractivity contribution in [2.24, 2.45) is 0 Å². The molecule has 0 fully saturated rings. The molecule has 2 rings (SSSR count). The summed E-state index contributed by atoms with van der Waals surface area (Å²) in [6.07, 6.45) is 23.2. The SMILES string of the molecule is [C]1=C(C2=CC=CC=CC2)C=CCCC1. The highest BCUT2D eigenvalue weighted by Gasteiger charge is 2.03. The molecule has 0 spiro atoms. The Morgan fingerprint density at radius 3 is 3.07 bits per heavy atom. The van der Waals surface area contributed by atoms with Crippen molar-refractivity contribution in [3.63, 3.8) is 0 Å². The molecule has 1 radical (unpaired) electrons. The minimum Gasteiger partial charge on any atom is -0.0839 e. The Morgan fingerprint density at radius 1 is 1.07 bits per heavy atom. The van der Waals surface area contributed by atoms with Crippen LogP contribution in [0.25, 0.3) is 0 Å². The van der Waals surface area contributed by atoms with Gasteiger partial charge < -0.3 is 0 Å². The summed E-state index contributed by atoms with van der Waals surface area (Å²) >= 11 is 0. The summed E-state index contributed by atoms with van der Waals surface area (Å²) < 4.78 is 0. The highest BCUT2D eigenvalue weighted by atomic mass is 14.1. The molecular formula is C14H15. The Hall–Kier alpha value is -1.30. The number of allylic oxidation sites excluding steroid dienone is 10. The van der Waals surface area contributed by atoms with Crippen LogP contribution in [-0.2, 0) is 0 Å². The van der Waals surface area contributed by atoms with Gasteiger partial charge in [0.15, 0.2) is 0 Å². The van der Waals surface area contributed by atoms with Crippen molar-refractivity contribution >= 4 is 0 Å². The summed E-state index contributed by atoms with van der Waals surface area (Å²) in [5.41, 5.74) is 2.67. The number of rotatable bonds is 1. The van der Waals surface area contributed by atoms with Crippen LogP contribution in [0.5, 0.6) is 0 Å². The molecule has 14 heavy (non-hydrogen) atoms. The van der Waals surface area contributed by atoms with Crippen molar-refractivity contribution in [2.45, 2.75) is 25.7 Å². The van der Waals surface area contributed by atoms with Crippen LogP contribution in [0.4, 0.5) is 0 Å². The first kappa shape index (κ1) is 9.26. The van der Waals surface area contributed by atoms with Crippen LogP contribution in [0.2, 0.25) is 0 Å². The van der Waals surface area contributed by atoms with Gasteiger partial charge in [-0.3, -0.25) is 0 Å². The molecule has 2 aliphatic carbocycles. The molecule has 0 heterocycles. The van der Waals surface area contributed by atoms with Crippen molar-refractivity contribution in [1.82, 2.24) is 0 Å². The van der Waals surface area contributed by atoms with Gasteiger partial charge in [0.25, 0.3) is 0 Å². The van der Waals surface area contributed by atoms with Gasteiger partial charge in [-0.15, -0.1) is 0 Å². The van der Waals surface area contributed by atoms with Gasteiger partial charge in [0.05, 0.1) is 0 Å². The summed E-state index contributed by atoms with van der Waals surface area (Å²) in [4.78, 5) is 0. The molecule has 0 saturated carbocycles. The Labute approximate surface area is 86.0 Å². The van der Waals surface area contributed by atoms with E-state index in [4.69, 9.17) is 0 Å². The maximum atomic E-state index is 3.47.